The maximum absolute atomic E-state index is 13.0. The number of hydrogen-bond donors (Lipinski definition) is 2. The first-order valence-electron chi connectivity index (χ1n) is 10.9. The van der Waals surface area contributed by atoms with Gasteiger partial charge in [0, 0.05) is 21.7 Å². The fraction of sp³-hybridized carbons (Fsp3) is 0.417. The molecule has 1 atom stereocenters. The number of pyridine rings is 1. The molecule has 35 heavy (non-hydrogen) atoms. The molecule has 0 aliphatic carbocycles. The van der Waals surface area contributed by atoms with Crippen molar-refractivity contribution in [3.05, 3.63) is 67.0 Å². The molecule has 2 amide bonds. The van der Waals surface area contributed by atoms with E-state index in [2.05, 4.69) is 42.5 Å². The number of alkyl carbamates (subject to hydrolysis) is 1. The molecule has 0 saturated heterocycles. The second kappa shape index (κ2) is 12.9. The van der Waals surface area contributed by atoms with Crippen LogP contribution in [0.3, 0.4) is 0 Å². The van der Waals surface area contributed by atoms with Crippen LogP contribution in [0.1, 0.15) is 49.5 Å². The standard InChI is InChI=1S/C24H29Br2N3O6/c1-24(2,3)35-23(33)27-9-5-8-19(22(32)34-4)28-20(30)18-7-6-10-29(21(18)31)14-15-11-16(25)13-17(26)12-15/h6-7,10-13,19H,5,8-9,14H2,1-4H3,(H,27,33)(H,28,30)/t19-/m0/s1. The van der Waals surface area contributed by atoms with E-state index < -0.39 is 35.2 Å². The number of hydrogen-bond acceptors (Lipinski definition) is 6. The Morgan fingerprint density at radius 3 is 2.37 bits per heavy atom. The molecule has 1 aromatic heterocycles. The van der Waals surface area contributed by atoms with Crippen molar-refractivity contribution in [3.63, 3.8) is 0 Å². The van der Waals surface area contributed by atoms with Crippen molar-refractivity contribution in [1.29, 1.82) is 0 Å². The lowest BCUT2D eigenvalue weighted by molar-refractivity contribution is -0.143. The SMILES string of the molecule is COC(=O)[C@H](CCCNC(=O)OC(C)(C)C)NC(=O)c1cccn(Cc2cc(Br)cc(Br)c2)c1=O. The molecule has 0 saturated carbocycles. The third-order valence-electron chi connectivity index (χ3n) is 4.67. The maximum atomic E-state index is 13.0. The lowest BCUT2D eigenvalue weighted by atomic mass is 10.1. The highest BCUT2D eigenvalue weighted by Gasteiger charge is 2.24. The van der Waals surface area contributed by atoms with E-state index in [1.807, 2.05) is 18.2 Å². The number of nitrogens with one attached hydrogen (secondary N) is 2. The molecular formula is C24H29Br2N3O6. The van der Waals surface area contributed by atoms with Gasteiger partial charge in [0.25, 0.3) is 11.5 Å². The minimum absolute atomic E-state index is 0.0951. The predicted octanol–water partition coefficient (Wildman–Crippen LogP) is 4.00. The summed E-state index contributed by atoms with van der Waals surface area (Å²) in [7, 11) is 1.21. The number of carbonyl (C=O) groups excluding carboxylic acids is 3. The molecular weight excluding hydrogens is 586 g/mol. The first-order chi connectivity index (χ1) is 16.4. The summed E-state index contributed by atoms with van der Waals surface area (Å²) in [6, 6.07) is 7.66. The Morgan fingerprint density at radius 1 is 1.11 bits per heavy atom. The minimum atomic E-state index is -0.984. The highest BCUT2D eigenvalue weighted by atomic mass is 79.9. The maximum Gasteiger partial charge on any atom is 0.407 e. The quantitative estimate of drug-likeness (QED) is 0.326. The number of rotatable bonds is 9. The van der Waals surface area contributed by atoms with Crippen molar-refractivity contribution in [3.8, 4) is 0 Å². The molecule has 0 radical (unpaired) electrons. The van der Waals surface area contributed by atoms with Crippen LogP contribution < -0.4 is 16.2 Å². The Bertz CT molecular complexity index is 1110. The van der Waals surface area contributed by atoms with Gasteiger partial charge in [0.05, 0.1) is 13.7 Å². The van der Waals surface area contributed by atoms with Gasteiger partial charge in [-0.1, -0.05) is 31.9 Å². The normalized spacial score (nSPS) is 11.9. The number of nitrogens with zero attached hydrogens (tertiary/aromatic N) is 1. The van der Waals surface area contributed by atoms with Crippen LogP contribution >= 0.6 is 31.9 Å². The topological polar surface area (TPSA) is 116 Å². The van der Waals surface area contributed by atoms with Gasteiger partial charge in [-0.25, -0.2) is 9.59 Å². The zero-order valence-electron chi connectivity index (χ0n) is 20.0. The Balaban J connectivity index is 2.06. The van der Waals surface area contributed by atoms with E-state index in [9.17, 15) is 19.2 Å². The fourth-order valence-corrected chi connectivity index (χ4v) is 4.56. The predicted molar refractivity (Wildman–Crippen MR) is 138 cm³/mol. The van der Waals surface area contributed by atoms with Crippen LogP contribution in [-0.2, 0) is 20.8 Å². The smallest absolute Gasteiger partial charge is 0.407 e. The number of halogens is 2. The number of methoxy groups -OCH3 is 1. The summed E-state index contributed by atoms with van der Waals surface area (Å²) in [5.41, 5.74) is -0.350. The average Bonchev–Trinajstić information content (AvgIpc) is 2.74. The Hall–Kier alpha value is -2.66. The minimum Gasteiger partial charge on any atom is -0.467 e. The third-order valence-corrected chi connectivity index (χ3v) is 5.58. The van der Waals surface area contributed by atoms with Gasteiger partial charge in [0.15, 0.2) is 0 Å². The molecule has 2 aromatic rings. The van der Waals surface area contributed by atoms with Crippen molar-refractivity contribution in [2.75, 3.05) is 13.7 Å². The number of carbonyl (C=O) groups is 3. The summed E-state index contributed by atoms with van der Waals surface area (Å²) in [6.45, 7) is 5.76. The highest BCUT2D eigenvalue weighted by molar-refractivity contribution is 9.11. The molecule has 2 rings (SSSR count). The summed E-state index contributed by atoms with van der Waals surface area (Å²) in [5.74, 6) is -1.33. The molecule has 0 fully saturated rings. The van der Waals surface area contributed by atoms with E-state index in [4.69, 9.17) is 9.47 Å². The molecule has 11 heteroatoms. The average molecular weight is 615 g/mol. The van der Waals surface area contributed by atoms with E-state index >= 15 is 0 Å². The molecule has 190 valence electrons. The Kier molecular flexibility index (Phi) is 10.5. The van der Waals surface area contributed by atoms with Crippen molar-refractivity contribution >= 4 is 49.8 Å². The van der Waals surface area contributed by atoms with Gasteiger partial charge in [-0.15, -0.1) is 0 Å². The summed E-state index contributed by atoms with van der Waals surface area (Å²) in [5, 5.41) is 5.17. The summed E-state index contributed by atoms with van der Waals surface area (Å²) in [6.07, 6.45) is 1.59. The first kappa shape index (κ1) is 28.6. The van der Waals surface area contributed by atoms with Gasteiger partial charge in [-0.3, -0.25) is 9.59 Å². The van der Waals surface area contributed by atoms with E-state index in [0.29, 0.717) is 6.42 Å². The lowest BCUT2D eigenvalue weighted by Crippen LogP contribution is -2.44. The summed E-state index contributed by atoms with van der Waals surface area (Å²) in [4.78, 5) is 49.8. The third kappa shape index (κ3) is 9.48. The van der Waals surface area contributed by atoms with E-state index in [1.165, 1.54) is 17.7 Å². The zero-order valence-corrected chi connectivity index (χ0v) is 23.2. The van der Waals surface area contributed by atoms with Crippen LogP contribution in [0.25, 0.3) is 0 Å². The molecule has 1 heterocycles. The van der Waals surface area contributed by atoms with Crippen molar-refractivity contribution < 1.29 is 23.9 Å². The van der Waals surface area contributed by atoms with Gasteiger partial charge in [0.1, 0.15) is 17.2 Å². The second-order valence-corrected chi connectivity index (χ2v) is 10.6. The van der Waals surface area contributed by atoms with Crippen LogP contribution in [0.4, 0.5) is 4.79 Å². The summed E-state index contributed by atoms with van der Waals surface area (Å²) >= 11 is 6.84. The van der Waals surface area contributed by atoms with Gasteiger partial charge in [-0.05, 0) is 69.5 Å². The number of aromatic nitrogens is 1. The van der Waals surface area contributed by atoms with Gasteiger partial charge in [0.2, 0.25) is 0 Å². The van der Waals surface area contributed by atoms with Crippen molar-refractivity contribution in [2.45, 2.75) is 51.8 Å². The van der Waals surface area contributed by atoms with E-state index in [0.717, 1.165) is 14.5 Å². The lowest BCUT2D eigenvalue weighted by Gasteiger charge is -2.20. The van der Waals surface area contributed by atoms with Crippen molar-refractivity contribution in [2.24, 2.45) is 0 Å². The van der Waals surface area contributed by atoms with Crippen LogP contribution in [0.5, 0.6) is 0 Å². The monoisotopic (exact) mass is 613 g/mol. The molecule has 1 aromatic carbocycles. The summed E-state index contributed by atoms with van der Waals surface area (Å²) < 4.78 is 13.1. The molecule has 0 aliphatic heterocycles. The highest BCUT2D eigenvalue weighted by Crippen LogP contribution is 2.20. The first-order valence-corrected chi connectivity index (χ1v) is 12.5. The number of esters is 1. The van der Waals surface area contributed by atoms with Crippen LogP contribution in [0.15, 0.2) is 50.3 Å². The largest absolute Gasteiger partial charge is 0.467 e. The second-order valence-electron chi connectivity index (χ2n) is 8.75. The Labute approximate surface area is 220 Å². The number of benzene rings is 1. The van der Waals surface area contributed by atoms with Crippen molar-refractivity contribution in [1.82, 2.24) is 15.2 Å². The number of ether oxygens (including phenoxy) is 2. The van der Waals surface area contributed by atoms with E-state index in [1.54, 1.807) is 33.0 Å². The molecule has 9 nitrogen and oxygen atoms in total. The zero-order chi connectivity index (χ0) is 26.2. The molecule has 0 aliphatic rings. The van der Waals surface area contributed by atoms with Gasteiger partial charge >= 0.3 is 12.1 Å². The van der Waals surface area contributed by atoms with Crippen LogP contribution in [0.2, 0.25) is 0 Å². The Morgan fingerprint density at radius 2 is 1.77 bits per heavy atom. The molecule has 2 N–H and O–H groups in total. The van der Waals surface area contributed by atoms with Gasteiger partial charge in [-0.2, -0.15) is 0 Å². The molecule has 0 spiro atoms. The van der Waals surface area contributed by atoms with Gasteiger partial charge < -0.3 is 24.7 Å². The van der Waals surface area contributed by atoms with Crippen LogP contribution in [-0.4, -0.2) is 47.8 Å². The molecule has 0 bridgehead atoms. The van der Waals surface area contributed by atoms with Crippen LogP contribution in [0, 0.1) is 0 Å². The number of amides is 2. The van der Waals surface area contributed by atoms with E-state index in [-0.39, 0.29) is 25.1 Å². The fourth-order valence-electron chi connectivity index (χ4n) is 3.17. The molecule has 0 unspecified atom stereocenters.